The molecule has 0 aliphatic heterocycles. The van der Waals surface area contributed by atoms with Crippen LogP contribution in [0.25, 0.3) is 0 Å². The number of hydrogen-bond acceptors (Lipinski definition) is 3. The predicted octanol–water partition coefficient (Wildman–Crippen LogP) is 1.13. The van der Waals surface area contributed by atoms with E-state index in [0.717, 1.165) is 0 Å². The minimum atomic E-state index is -1.14. The Morgan fingerprint density at radius 3 is 2.25 bits per heavy atom. The van der Waals surface area contributed by atoms with E-state index in [4.69, 9.17) is 5.11 Å². The molecule has 0 spiro atoms. The normalized spacial score (nSPS) is 11.5. The maximum absolute atomic E-state index is 12.7. The van der Waals surface area contributed by atoms with E-state index in [9.17, 15) is 18.8 Å². The summed E-state index contributed by atoms with van der Waals surface area (Å²) in [6, 6.07) is 4.22. The molecule has 0 aliphatic rings. The number of aliphatic carboxylic acids is 1. The van der Waals surface area contributed by atoms with Crippen molar-refractivity contribution in [2.24, 2.45) is 0 Å². The molecule has 1 aromatic carbocycles. The van der Waals surface area contributed by atoms with Gasteiger partial charge in [-0.25, -0.2) is 4.39 Å². The second-order valence-corrected chi connectivity index (χ2v) is 4.18. The number of carboxylic acids is 1. The number of nitrogens with one attached hydrogen (secondary N) is 2. The lowest BCUT2D eigenvalue weighted by atomic mass is 10.2. The molecule has 1 aromatic rings. The first-order valence-corrected chi connectivity index (χ1v) is 5.96. The molecule has 0 aromatic heterocycles. The van der Waals surface area contributed by atoms with Gasteiger partial charge < -0.3 is 15.7 Å². The lowest BCUT2D eigenvalue weighted by molar-refractivity contribution is -0.141. The summed E-state index contributed by atoms with van der Waals surface area (Å²) in [6.07, 6.45) is -0.208. The zero-order valence-corrected chi connectivity index (χ0v) is 10.9. The Bertz CT molecular complexity index is 502. The Morgan fingerprint density at radius 2 is 1.70 bits per heavy atom. The van der Waals surface area contributed by atoms with Crippen molar-refractivity contribution in [1.82, 2.24) is 5.32 Å². The highest BCUT2D eigenvalue weighted by atomic mass is 19.1. The SMILES string of the molecule is CC(NC(=O)CCC(=O)Nc1ccc(F)cc1)C(=O)O. The fourth-order valence-electron chi connectivity index (χ4n) is 1.36. The molecule has 0 aliphatic carbocycles. The Balaban J connectivity index is 2.34. The first-order valence-electron chi connectivity index (χ1n) is 5.96. The van der Waals surface area contributed by atoms with Crippen molar-refractivity contribution < 1.29 is 23.9 Å². The monoisotopic (exact) mass is 282 g/mol. The molecule has 0 bridgehead atoms. The summed E-state index contributed by atoms with van der Waals surface area (Å²) in [7, 11) is 0. The largest absolute Gasteiger partial charge is 0.480 e. The van der Waals surface area contributed by atoms with Gasteiger partial charge in [-0.3, -0.25) is 14.4 Å². The first-order chi connectivity index (χ1) is 9.38. The van der Waals surface area contributed by atoms with Crippen molar-refractivity contribution >= 4 is 23.5 Å². The summed E-state index contributed by atoms with van der Waals surface area (Å²) in [4.78, 5) is 33.4. The van der Waals surface area contributed by atoms with Gasteiger partial charge in [-0.05, 0) is 31.2 Å². The first kappa shape index (κ1) is 15.6. The Hall–Kier alpha value is -2.44. The van der Waals surface area contributed by atoms with E-state index in [2.05, 4.69) is 10.6 Å². The Labute approximate surface area is 115 Å². The predicted molar refractivity (Wildman–Crippen MR) is 69.5 cm³/mol. The van der Waals surface area contributed by atoms with Crippen LogP contribution in [0.5, 0.6) is 0 Å². The minimum Gasteiger partial charge on any atom is -0.480 e. The topological polar surface area (TPSA) is 95.5 Å². The number of benzene rings is 1. The van der Waals surface area contributed by atoms with E-state index in [1.165, 1.54) is 31.2 Å². The van der Waals surface area contributed by atoms with Gasteiger partial charge in [0.05, 0.1) is 0 Å². The molecule has 108 valence electrons. The van der Waals surface area contributed by atoms with Gasteiger partial charge in [0.15, 0.2) is 0 Å². The van der Waals surface area contributed by atoms with Crippen LogP contribution in [-0.4, -0.2) is 28.9 Å². The summed E-state index contributed by atoms with van der Waals surface area (Å²) < 4.78 is 12.7. The van der Waals surface area contributed by atoms with Gasteiger partial charge in [0.25, 0.3) is 0 Å². The molecule has 0 saturated heterocycles. The molecule has 7 heteroatoms. The van der Waals surface area contributed by atoms with Crippen molar-refractivity contribution in [2.75, 3.05) is 5.32 Å². The van der Waals surface area contributed by atoms with Crippen LogP contribution in [0.4, 0.5) is 10.1 Å². The number of halogens is 1. The Kier molecular flexibility index (Phi) is 5.64. The van der Waals surface area contributed by atoms with E-state index < -0.39 is 29.6 Å². The summed E-state index contributed by atoms with van der Waals surface area (Å²) in [5.74, 6) is -2.48. The Morgan fingerprint density at radius 1 is 1.15 bits per heavy atom. The summed E-state index contributed by atoms with van der Waals surface area (Å²) in [5, 5.41) is 13.3. The van der Waals surface area contributed by atoms with Crippen LogP contribution in [-0.2, 0) is 14.4 Å². The second kappa shape index (κ2) is 7.22. The van der Waals surface area contributed by atoms with E-state index in [1.807, 2.05) is 0 Å². The molecule has 2 amide bonds. The number of anilines is 1. The highest BCUT2D eigenvalue weighted by Crippen LogP contribution is 2.08. The lowest BCUT2D eigenvalue weighted by Crippen LogP contribution is -2.38. The van der Waals surface area contributed by atoms with Gasteiger partial charge in [-0.2, -0.15) is 0 Å². The molecule has 0 heterocycles. The fraction of sp³-hybridized carbons (Fsp3) is 0.308. The molecule has 1 unspecified atom stereocenters. The van der Waals surface area contributed by atoms with Gasteiger partial charge in [0, 0.05) is 18.5 Å². The molecule has 0 saturated carbocycles. The van der Waals surface area contributed by atoms with Crippen molar-refractivity contribution in [3.05, 3.63) is 30.1 Å². The van der Waals surface area contributed by atoms with Crippen LogP contribution in [0, 0.1) is 5.82 Å². The summed E-state index contributed by atoms with van der Waals surface area (Å²) in [6.45, 7) is 1.33. The van der Waals surface area contributed by atoms with Crippen LogP contribution in [0.1, 0.15) is 19.8 Å². The van der Waals surface area contributed by atoms with Crippen LogP contribution in [0.3, 0.4) is 0 Å². The highest BCUT2D eigenvalue weighted by molar-refractivity contribution is 5.93. The molecule has 1 rings (SSSR count). The van der Waals surface area contributed by atoms with E-state index in [1.54, 1.807) is 0 Å². The maximum Gasteiger partial charge on any atom is 0.325 e. The zero-order chi connectivity index (χ0) is 15.1. The van der Waals surface area contributed by atoms with E-state index in [0.29, 0.717) is 5.69 Å². The van der Waals surface area contributed by atoms with Gasteiger partial charge in [0.1, 0.15) is 11.9 Å². The average Bonchev–Trinajstić information content (AvgIpc) is 2.39. The second-order valence-electron chi connectivity index (χ2n) is 4.18. The van der Waals surface area contributed by atoms with E-state index >= 15 is 0 Å². The van der Waals surface area contributed by atoms with Crippen molar-refractivity contribution in [2.45, 2.75) is 25.8 Å². The zero-order valence-electron chi connectivity index (χ0n) is 10.9. The third-order valence-electron chi connectivity index (χ3n) is 2.46. The van der Waals surface area contributed by atoms with Crippen molar-refractivity contribution in [3.8, 4) is 0 Å². The molecule has 0 fully saturated rings. The third-order valence-corrected chi connectivity index (χ3v) is 2.46. The molecule has 6 nitrogen and oxygen atoms in total. The summed E-state index contributed by atoms with van der Waals surface area (Å²) >= 11 is 0. The number of carbonyl (C=O) groups excluding carboxylic acids is 2. The standard InChI is InChI=1S/C13H15FN2O4/c1-8(13(19)20)15-11(17)6-7-12(18)16-10-4-2-9(14)3-5-10/h2-5,8H,6-7H2,1H3,(H,15,17)(H,16,18)(H,19,20). The minimum absolute atomic E-state index is 0.0877. The number of rotatable bonds is 6. The molecule has 20 heavy (non-hydrogen) atoms. The fourth-order valence-corrected chi connectivity index (χ4v) is 1.36. The molecule has 3 N–H and O–H groups in total. The van der Waals surface area contributed by atoms with Gasteiger partial charge in [-0.15, -0.1) is 0 Å². The number of hydrogen-bond donors (Lipinski definition) is 3. The number of carbonyl (C=O) groups is 3. The maximum atomic E-state index is 12.7. The van der Waals surface area contributed by atoms with Crippen LogP contribution in [0.15, 0.2) is 24.3 Å². The molecular formula is C13H15FN2O4. The number of amides is 2. The third kappa shape index (κ3) is 5.47. The van der Waals surface area contributed by atoms with Crippen LogP contribution >= 0.6 is 0 Å². The van der Waals surface area contributed by atoms with Gasteiger partial charge in [0.2, 0.25) is 11.8 Å². The number of carboxylic acid groups (broad SMARTS) is 1. The molecular weight excluding hydrogens is 267 g/mol. The van der Waals surface area contributed by atoms with Gasteiger partial charge in [-0.1, -0.05) is 0 Å². The van der Waals surface area contributed by atoms with Crippen LogP contribution < -0.4 is 10.6 Å². The average molecular weight is 282 g/mol. The van der Waals surface area contributed by atoms with Crippen molar-refractivity contribution in [1.29, 1.82) is 0 Å². The summed E-state index contributed by atoms with van der Waals surface area (Å²) in [5.41, 5.74) is 0.427. The molecule has 0 radical (unpaired) electrons. The quantitative estimate of drug-likeness (QED) is 0.729. The van der Waals surface area contributed by atoms with E-state index in [-0.39, 0.29) is 12.8 Å². The van der Waals surface area contributed by atoms with Crippen LogP contribution in [0.2, 0.25) is 0 Å². The van der Waals surface area contributed by atoms with Crippen molar-refractivity contribution in [3.63, 3.8) is 0 Å². The molecule has 1 atom stereocenters. The smallest absolute Gasteiger partial charge is 0.325 e. The highest BCUT2D eigenvalue weighted by Gasteiger charge is 2.14. The van der Waals surface area contributed by atoms with Gasteiger partial charge >= 0.3 is 5.97 Å². The lowest BCUT2D eigenvalue weighted by Gasteiger charge is -2.09.